The van der Waals surface area contributed by atoms with Crippen molar-refractivity contribution in [1.82, 2.24) is 10.2 Å². The topological polar surface area (TPSA) is 36.9 Å². The minimum atomic E-state index is -0.545. The molecule has 6 heteroatoms. The van der Waals surface area contributed by atoms with Gasteiger partial charge < -0.3 is 15.0 Å². The van der Waals surface area contributed by atoms with Gasteiger partial charge in [0, 0.05) is 44.8 Å². The van der Waals surface area contributed by atoms with Gasteiger partial charge in [-0.2, -0.15) is 0 Å². The highest BCUT2D eigenvalue weighted by Crippen LogP contribution is 2.38. The standard InChI is InChI=1S/C17H23F2N3O/c1-20-16(22-8-5-17(11-22)6-9-23-12-17)21-7-4-13-2-3-14(18)10-15(13)19/h2-3,10H,4-9,11-12H2,1H3,(H,20,21). The van der Waals surface area contributed by atoms with Gasteiger partial charge in [0.05, 0.1) is 6.61 Å². The largest absolute Gasteiger partial charge is 0.381 e. The molecule has 1 aromatic carbocycles. The number of benzene rings is 1. The van der Waals surface area contributed by atoms with Gasteiger partial charge in [-0.15, -0.1) is 0 Å². The SMILES string of the molecule is CN=C(NCCc1ccc(F)cc1F)N1CCC2(CCOC2)C1. The van der Waals surface area contributed by atoms with Crippen LogP contribution in [0.25, 0.3) is 0 Å². The van der Waals surface area contributed by atoms with Crippen molar-refractivity contribution in [3.63, 3.8) is 0 Å². The van der Waals surface area contributed by atoms with E-state index in [9.17, 15) is 8.78 Å². The van der Waals surface area contributed by atoms with E-state index < -0.39 is 11.6 Å². The summed E-state index contributed by atoms with van der Waals surface area (Å²) in [5.41, 5.74) is 0.789. The van der Waals surface area contributed by atoms with Crippen molar-refractivity contribution in [3.8, 4) is 0 Å². The third-order valence-corrected chi connectivity index (χ3v) is 4.83. The molecular formula is C17H23F2N3O. The van der Waals surface area contributed by atoms with Crippen molar-refractivity contribution in [2.24, 2.45) is 10.4 Å². The van der Waals surface area contributed by atoms with E-state index in [-0.39, 0.29) is 5.41 Å². The molecule has 23 heavy (non-hydrogen) atoms. The van der Waals surface area contributed by atoms with Gasteiger partial charge in [-0.3, -0.25) is 4.99 Å². The fraction of sp³-hybridized carbons (Fsp3) is 0.588. The summed E-state index contributed by atoms with van der Waals surface area (Å²) < 4.78 is 32.1. The Morgan fingerprint density at radius 1 is 1.39 bits per heavy atom. The molecule has 3 rings (SSSR count). The number of hydrogen-bond donors (Lipinski definition) is 1. The smallest absolute Gasteiger partial charge is 0.193 e. The van der Waals surface area contributed by atoms with Gasteiger partial charge in [-0.1, -0.05) is 6.07 Å². The molecule has 2 fully saturated rings. The lowest BCUT2D eigenvalue weighted by molar-refractivity contribution is 0.156. The van der Waals surface area contributed by atoms with Crippen molar-refractivity contribution < 1.29 is 13.5 Å². The Bertz CT molecular complexity index is 585. The molecule has 2 saturated heterocycles. The van der Waals surface area contributed by atoms with Gasteiger partial charge in [-0.25, -0.2) is 8.78 Å². The number of guanidine groups is 1. The Balaban J connectivity index is 1.52. The van der Waals surface area contributed by atoms with Crippen molar-refractivity contribution >= 4 is 5.96 Å². The molecule has 0 radical (unpaired) electrons. The minimum Gasteiger partial charge on any atom is -0.381 e. The van der Waals surface area contributed by atoms with E-state index in [2.05, 4.69) is 15.2 Å². The second-order valence-corrected chi connectivity index (χ2v) is 6.43. The van der Waals surface area contributed by atoms with E-state index in [0.717, 1.165) is 51.2 Å². The van der Waals surface area contributed by atoms with Crippen LogP contribution >= 0.6 is 0 Å². The molecule has 0 saturated carbocycles. The number of halogens is 2. The first-order valence-electron chi connectivity index (χ1n) is 8.09. The van der Waals surface area contributed by atoms with E-state index in [1.807, 2.05) is 0 Å². The summed E-state index contributed by atoms with van der Waals surface area (Å²) in [6.45, 7) is 4.17. The number of aliphatic imine (C=N–C) groups is 1. The molecule has 1 unspecified atom stereocenters. The molecule has 0 bridgehead atoms. The summed E-state index contributed by atoms with van der Waals surface area (Å²) in [5, 5.41) is 3.28. The van der Waals surface area contributed by atoms with Crippen molar-refractivity contribution in [1.29, 1.82) is 0 Å². The van der Waals surface area contributed by atoms with E-state index in [1.54, 1.807) is 7.05 Å². The zero-order chi connectivity index (χ0) is 16.3. The first-order valence-corrected chi connectivity index (χ1v) is 8.09. The maximum absolute atomic E-state index is 13.6. The van der Waals surface area contributed by atoms with Gasteiger partial charge in [0.2, 0.25) is 0 Å². The third kappa shape index (κ3) is 3.63. The highest BCUT2D eigenvalue weighted by Gasteiger charge is 2.42. The van der Waals surface area contributed by atoms with Crippen LogP contribution in [0.15, 0.2) is 23.2 Å². The van der Waals surface area contributed by atoms with E-state index in [1.165, 1.54) is 12.1 Å². The number of nitrogens with zero attached hydrogens (tertiary/aromatic N) is 2. The maximum atomic E-state index is 13.6. The van der Waals surface area contributed by atoms with Gasteiger partial charge in [0.1, 0.15) is 11.6 Å². The molecular weight excluding hydrogens is 300 g/mol. The van der Waals surface area contributed by atoms with Crippen molar-refractivity contribution in [2.45, 2.75) is 19.3 Å². The predicted octanol–water partition coefficient (Wildman–Crippen LogP) is 2.20. The first-order chi connectivity index (χ1) is 11.1. The molecule has 126 valence electrons. The maximum Gasteiger partial charge on any atom is 0.193 e. The second kappa shape index (κ2) is 6.83. The van der Waals surface area contributed by atoms with Gasteiger partial charge in [0.25, 0.3) is 0 Å². The summed E-state index contributed by atoms with van der Waals surface area (Å²) >= 11 is 0. The molecule has 2 aliphatic heterocycles. The van der Waals surface area contributed by atoms with Crippen LogP contribution in [0.4, 0.5) is 8.78 Å². The van der Waals surface area contributed by atoms with Gasteiger partial charge in [0.15, 0.2) is 5.96 Å². The van der Waals surface area contributed by atoms with Crippen LogP contribution < -0.4 is 5.32 Å². The van der Waals surface area contributed by atoms with Crippen molar-refractivity contribution in [2.75, 3.05) is 39.9 Å². The number of ether oxygens (including phenoxy) is 1. The lowest BCUT2D eigenvalue weighted by atomic mass is 9.87. The average Bonchev–Trinajstić information content (AvgIpc) is 3.16. The van der Waals surface area contributed by atoms with Gasteiger partial charge >= 0.3 is 0 Å². The molecule has 1 atom stereocenters. The van der Waals surface area contributed by atoms with Crippen LogP contribution in [0.2, 0.25) is 0 Å². The molecule has 1 spiro atoms. The molecule has 0 aliphatic carbocycles. The summed E-state index contributed by atoms with van der Waals surface area (Å²) in [7, 11) is 1.76. The van der Waals surface area contributed by atoms with Crippen LogP contribution in [0, 0.1) is 17.0 Å². The molecule has 0 aromatic heterocycles. The Morgan fingerprint density at radius 3 is 2.96 bits per heavy atom. The fourth-order valence-electron chi connectivity index (χ4n) is 3.45. The Hall–Kier alpha value is -1.69. The zero-order valence-corrected chi connectivity index (χ0v) is 13.4. The summed E-state index contributed by atoms with van der Waals surface area (Å²) in [6.07, 6.45) is 2.73. The van der Waals surface area contributed by atoms with Crippen LogP contribution in [-0.2, 0) is 11.2 Å². The Labute approximate surface area is 135 Å². The first kappa shape index (κ1) is 16.2. The second-order valence-electron chi connectivity index (χ2n) is 6.43. The Morgan fingerprint density at radius 2 is 2.26 bits per heavy atom. The third-order valence-electron chi connectivity index (χ3n) is 4.83. The quantitative estimate of drug-likeness (QED) is 0.684. The summed E-state index contributed by atoms with van der Waals surface area (Å²) in [5.74, 6) is -0.197. The lowest BCUT2D eigenvalue weighted by Crippen LogP contribution is -2.42. The van der Waals surface area contributed by atoms with Gasteiger partial charge in [-0.05, 0) is 30.9 Å². The molecule has 2 aliphatic rings. The monoisotopic (exact) mass is 323 g/mol. The average molecular weight is 323 g/mol. The van der Waals surface area contributed by atoms with E-state index >= 15 is 0 Å². The number of nitrogens with one attached hydrogen (secondary N) is 1. The van der Waals surface area contributed by atoms with Crippen LogP contribution in [0.1, 0.15) is 18.4 Å². The van der Waals surface area contributed by atoms with Crippen molar-refractivity contribution in [3.05, 3.63) is 35.4 Å². The Kier molecular flexibility index (Phi) is 4.80. The highest BCUT2D eigenvalue weighted by molar-refractivity contribution is 5.80. The molecule has 1 aromatic rings. The summed E-state index contributed by atoms with van der Waals surface area (Å²) in [4.78, 5) is 6.57. The predicted molar refractivity (Wildman–Crippen MR) is 85.5 cm³/mol. The molecule has 4 nitrogen and oxygen atoms in total. The van der Waals surface area contributed by atoms with Crippen LogP contribution in [-0.4, -0.2) is 50.8 Å². The van der Waals surface area contributed by atoms with Crippen LogP contribution in [0.5, 0.6) is 0 Å². The normalized spacial score (nSPS) is 24.7. The van der Waals surface area contributed by atoms with E-state index in [0.29, 0.717) is 18.5 Å². The zero-order valence-electron chi connectivity index (χ0n) is 13.4. The lowest BCUT2D eigenvalue weighted by Gasteiger charge is -2.25. The van der Waals surface area contributed by atoms with Crippen LogP contribution in [0.3, 0.4) is 0 Å². The fourth-order valence-corrected chi connectivity index (χ4v) is 3.45. The molecule has 2 heterocycles. The highest BCUT2D eigenvalue weighted by atomic mass is 19.1. The molecule has 0 amide bonds. The number of rotatable bonds is 3. The number of hydrogen-bond acceptors (Lipinski definition) is 2. The van der Waals surface area contributed by atoms with E-state index in [4.69, 9.17) is 4.74 Å². The number of likely N-dealkylation sites (tertiary alicyclic amines) is 1. The molecule has 1 N–H and O–H groups in total. The minimum absolute atomic E-state index is 0.278. The summed E-state index contributed by atoms with van der Waals surface area (Å²) in [6, 6.07) is 3.71.